The van der Waals surface area contributed by atoms with Crippen molar-refractivity contribution in [3.05, 3.63) is 320 Å². The molecule has 0 amide bonds. The molecule has 0 unspecified atom stereocenters. The van der Waals surface area contributed by atoms with Crippen LogP contribution in [-0.4, -0.2) is 21.8 Å². The number of aromatic nitrogens is 3. The highest BCUT2D eigenvalue weighted by Gasteiger charge is 2.41. The Kier molecular flexibility index (Phi) is 4.31. The van der Waals surface area contributed by atoms with Gasteiger partial charge in [0.05, 0.1) is 111 Å². The fraction of sp³-hybridized carbons (Fsp3) is 0. The molecule has 82 heavy (non-hydrogen) atoms. The Labute approximate surface area is 551 Å². The smallest absolute Gasteiger partial charge is 0.179 e. The van der Waals surface area contributed by atoms with Gasteiger partial charge in [-0.3, -0.25) is 0 Å². The third-order valence-corrected chi connectivity index (χ3v) is 17.3. The van der Waals surface area contributed by atoms with Crippen molar-refractivity contribution in [3.63, 3.8) is 0 Å². The van der Waals surface area contributed by atoms with Crippen LogP contribution in [0.5, 0.6) is 0 Å². The topological polar surface area (TPSA) is 14.8 Å². The third kappa shape index (κ3) is 7.50. The molecular weight excluding hydrogens is 1010 g/mol. The van der Waals surface area contributed by atoms with E-state index in [9.17, 15) is 43.9 Å². The molecule has 0 bridgehead atoms. The Morgan fingerprint density at radius 2 is 0.634 bits per heavy atom. The van der Waals surface area contributed by atoms with Crippen LogP contribution in [0.3, 0.4) is 0 Å². The Morgan fingerprint density at radius 3 is 1.26 bits per heavy atom. The molecule has 0 spiro atoms. The van der Waals surface area contributed by atoms with E-state index in [-0.39, 0.29) is 0 Å². The molecular formula is C78H53N3Si. The molecule has 0 aliphatic carbocycles. The first kappa shape index (κ1) is 18.2. The van der Waals surface area contributed by atoms with E-state index in [1.165, 1.54) is 0 Å². The first-order valence-corrected chi connectivity index (χ1v) is 26.0. The second-order valence-corrected chi connectivity index (χ2v) is 21.0. The summed E-state index contributed by atoms with van der Waals surface area (Å²) in [5, 5.41) is -11.3. The van der Waals surface area contributed by atoms with Crippen LogP contribution in [0.1, 0.15) is 72.7 Å². The van der Waals surface area contributed by atoms with Gasteiger partial charge in [-0.2, -0.15) is 0 Å². The Bertz CT molecular complexity index is 8080. The molecule has 16 rings (SSSR count). The van der Waals surface area contributed by atoms with Crippen LogP contribution in [0.15, 0.2) is 320 Å². The zero-order chi connectivity index (χ0) is 100. The van der Waals surface area contributed by atoms with Crippen LogP contribution in [0.2, 0.25) is 0 Å². The van der Waals surface area contributed by atoms with E-state index in [1.54, 1.807) is 0 Å². The zero-order valence-corrected chi connectivity index (χ0v) is 41.8. The molecule has 3 heterocycles. The highest BCUT2D eigenvalue weighted by molar-refractivity contribution is 7.20. The van der Waals surface area contributed by atoms with E-state index in [4.69, 9.17) is 28.8 Å². The molecule has 0 radical (unpaired) electrons. The monoisotopic (exact) mass is 1110 g/mol. The van der Waals surface area contributed by atoms with Gasteiger partial charge in [-0.05, 0) is 121 Å². The van der Waals surface area contributed by atoms with Gasteiger partial charge in [0, 0.05) is 49.3 Å². The van der Waals surface area contributed by atoms with Gasteiger partial charge < -0.3 is 13.7 Å². The van der Waals surface area contributed by atoms with Gasteiger partial charge in [0.15, 0.2) is 8.07 Å². The summed E-state index contributed by atoms with van der Waals surface area (Å²) in [6.07, 6.45) is 0. The van der Waals surface area contributed by atoms with Crippen LogP contribution in [0.25, 0.3) is 116 Å². The van der Waals surface area contributed by atoms with Gasteiger partial charge in [0.2, 0.25) is 0 Å². The third-order valence-electron chi connectivity index (χ3n) is 13.3. The minimum absolute atomic E-state index is 0.394. The Hall–Kier alpha value is -10.5. The summed E-state index contributed by atoms with van der Waals surface area (Å²) in [5.74, 6) is 0. The number of rotatable bonds is 10. The normalized spacial score (nSPS) is 21.0. The highest BCUT2D eigenvalue weighted by atomic mass is 28.3. The number of nitrogens with zero attached hydrogens (tertiary/aromatic N) is 3. The van der Waals surface area contributed by atoms with Crippen molar-refractivity contribution < 1.29 is 72.7 Å². The first-order valence-electron chi connectivity index (χ1n) is 50.5. The molecule has 0 saturated heterocycles. The summed E-state index contributed by atoms with van der Waals surface area (Å²) < 4.78 is 504. The molecule has 0 saturated carbocycles. The van der Waals surface area contributed by atoms with Gasteiger partial charge in [-0.1, -0.05) is 248 Å². The van der Waals surface area contributed by atoms with Gasteiger partial charge in [0.25, 0.3) is 0 Å². The lowest BCUT2D eigenvalue weighted by Gasteiger charge is -2.34. The first-order chi connectivity index (χ1) is 62.8. The van der Waals surface area contributed by atoms with Crippen molar-refractivity contribution in [2.24, 2.45) is 0 Å². The fourth-order valence-corrected chi connectivity index (χ4v) is 13.4. The quantitative estimate of drug-likeness (QED) is 0.0958. The van der Waals surface area contributed by atoms with Crippen LogP contribution >= 0.6 is 0 Å². The number of hydrogen-bond acceptors (Lipinski definition) is 0. The molecule has 384 valence electrons. The van der Waals surface area contributed by atoms with Crippen molar-refractivity contribution in [1.29, 1.82) is 0 Å². The number of fused-ring (bicyclic) bond motifs is 9. The maximum atomic E-state index is 10.8. The predicted octanol–water partition coefficient (Wildman–Crippen LogP) is 17.4. The van der Waals surface area contributed by atoms with E-state index in [0.717, 1.165) is 0 Å². The van der Waals surface area contributed by atoms with Crippen LogP contribution in [0.4, 0.5) is 0 Å². The molecule has 3 aromatic heterocycles. The zero-order valence-electron chi connectivity index (χ0n) is 93.8. The minimum atomic E-state index is -6.77. The standard InChI is InChI=1S/C78H53N3Si/c1-5-22-54(23-6-1)56-24-21-25-57(50-56)55-40-43-59(44-41-55)79-74-38-19-15-34-67(74)70-52-60(45-48-76(70)79)80-73-37-18-14-33-66(73)69-47-42-58(51-78(69)80)65-32-13-17-36-72(65)81-75-39-20-16-35-68(75)71-53-64(46-49-77(71)81)82(61-26-7-2-8-27-61,62-28-9-3-10-29-62)63-30-11-4-12-31-63/h1-53H/i1D,2D,3D,4D,5D,6D,7D,8D,9D,10D,11D,12D,13D,14D,15D,16D,17D,18D,19D,20D,21D,22D,23D,24D,25D,26D,27D,28D,29D,30D,31D,32D,33D,34D,35D,36D,37D,38D,39D,40D,41D,42D,43D,44D,45D,46D,47D,48D,49D,50D,51D,52D,53D. The van der Waals surface area contributed by atoms with Crippen LogP contribution in [0, 0.1) is 0 Å². The Morgan fingerprint density at radius 1 is 0.220 bits per heavy atom. The van der Waals surface area contributed by atoms with Crippen molar-refractivity contribution in [3.8, 4) is 50.4 Å². The van der Waals surface area contributed by atoms with Gasteiger partial charge >= 0.3 is 0 Å². The molecule has 13 aromatic carbocycles. The summed E-state index contributed by atoms with van der Waals surface area (Å²) in [6, 6.07) is -67.7. The lowest BCUT2D eigenvalue weighted by atomic mass is 9.99. The SMILES string of the molecule is [2H]c1c([2H])c([2H])c(-c2c([2H])c([2H])c([2H])c(-c3c([2H])c([2H])c(-n4c5c([2H])c([2H])c([2H])c([2H])c5c5c([2H])c(-n6c7c([2H])c([2H])c([2H])c([2H])c7c7c([2H])c([2H])c(-c8c([2H])c([2H])c([2H])c([2H])c8-n8c9c([2H])c([2H])c([2H])c([2H])c9c9c([2H])c([Si](c%10c([2H])c([2H])c([2H])c([2H])c%10[2H])(c%10c([2H])c([2H])c([2H])c([2H])c%10[2H])c%10c([2H])c([2H])c([2H])c([2H])c%10[2H])c([2H])c([2H])c98)c([2H])c76)c([2H])c([2H])c54)c([2H])c3[2H])c2[2H])c([2H])c1[2H]. The molecule has 0 aliphatic heterocycles. The van der Waals surface area contributed by atoms with Crippen molar-refractivity contribution in [1.82, 2.24) is 13.7 Å². The molecule has 16 aromatic rings. The van der Waals surface area contributed by atoms with Crippen molar-refractivity contribution >= 4 is 94.2 Å². The van der Waals surface area contributed by atoms with Crippen LogP contribution in [-0.2, 0) is 0 Å². The van der Waals surface area contributed by atoms with E-state index in [1.807, 2.05) is 0 Å². The second-order valence-electron chi connectivity index (χ2n) is 17.5. The summed E-state index contributed by atoms with van der Waals surface area (Å²) >= 11 is 0. The maximum Gasteiger partial charge on any atom is 0.179 e. The van der Waals surface area contributed by atoms with Gasteiger partial charge in [0.1, 0.15) is 0 Å². The molecule has 0 fully saturated rings. The lowest BCUT2D eigenvalue weighted by molar-refractivity contribution is 1.16. The summed E-state index contributed by atoms with van der Waals surface area (Å²) in [6.45, 7) is 0. The Balaban J connectivity index is 1.08. The van der Waals surface area contributed by atoms with E-state index < -0.39 is 465 Å². The number of benzene rings is 13. The lowest BCUT2D eigenvalue weighted by Crippen LogP contribution is -2.74. The largest absolute Gasteiger partial charge is 0.309 e. The minimum Gasteiger partial charge on any atom is -0.309 e. The maximum absolute atomic E-state index is 10.8. The van der Waals surface area contributed by atoms with Crippen LogP contribution < -0.4 is 20.7 Å². The second kappa shape index (κ2) is 19.4. The molecule has 3 nitrogen and oxygen atoms in total. The average molecular weight is 1110 g/mol. The summed E-state index contributed by atoms with van der Waals surface area (Å²) in [7, 11) is -6.77. The van der Waals surface area contributed by atoms with E-state index >= 15 is 0 Å². The number of hydrogen-bond donors (Lipinski definition) is 0. The van der Waals surface area contributed by atoms with Gasteiger partial charge in [-0.15, -0.1) is 0 Å². The molecule has 0 aliphatic rings. The highest BCUT2D eigenvalue weighted by Crippen LogP contribution is 2.41. The predicted molar refractivity (Wildman–Crippen MR) is 349 cm³/mol. The molecule has 0 atom stereocenters. The molecule has 0 N–H and O–H groups in total. The average Bonchev–Trinajstić information content (AvgIpc) is 1.65. The van der Waals surface area contributed by atoms with Crippen molar-refractivity contribution in [2.75, 3.05) is 0 Å². The van der Waals surface area contributed by atoms with E-state index in [0.29, 0.717) is 13.7 Å². The number of para-hydroxylation sites is 4. The molecule has 4 heteroatoms. The summed E-state index contributed by atoms with van der Waals surface area (Å²) in [5.41, 5.74) is -16.3. The summed E-state index contributed by atoms with van der Waals surface area (Å²) in [4.78, 5) is 0. The van der Waals surface area contributed by atoms with Crippen molar-refractivity contribution in [2.45, 2.75) is 0 Å². The van der Waals surface area contributed by atoms with E-state index in [2.05, 4.69) is 0 Å². The fourth-order valence-electron chi connectivity index (χ4n) is 9.85. The van der Waals surface area contributed by atoms with Gasteiger partial charge in [-0.25, -0.2) is 0 Å².